The molecule has 1 fully saturated rings. The molecule has 0 aliphatic heterocycles. The Kier molecular flexibility index (Phi) is 2.49. The second-order valence-corrected chi connectivity index (χ2v) is 5.26. The molecule has 1 N–H and O–H groups in total. The average molecular weight is 257 g/mol. The van der Waals surface area contributed by atoms with Gasteiger partial charge in [-0.3, -0.25) is 4.79 Å². The minimum Gasteiger partial charge on any atom is -0.481 e. The van der Waals surface area contributed by atoms with Gasteiger partial charge in [0.1, 0.15) is 11.1 Å². The lowest BCUT2D eigenvalue weighted by atomic mass is 10.0. The second kappa shape index (κ2) is 3.95. The van der Waals surface area contributed by atoms with E-state index >= 15 is 0 Å². The van der Waals surface area contributed by atoms with Gasteiger partial charge in [0.05, 0.1) is 0 Å². The smallest absolute Gasteiger partial charge is 0.315 e. The molecule has 1 heterocycles. The molecule has 19 heavy (non-hydrogen) atoms. The van der Waals surface area contributed by atoms with E-state index < -0.39 is 11.4 Å². The summed E-state index contributed by atoms with van der Waals surface area (Å²) >= 11 is 0. The Morgan fingerprint density at radius 1 is 1.26 bits per heavy atom. The Labute approximate surface area is 111 Å². The lowest BCUT2D eigenvalue weighted by molar-refractivity contribution is -0.140. The van der Waals surface area contributed by atoms with Gasteiger partial charge in [0.15, 0.2) is 5.76 Å². The summed E-state index contributed by atoms with van der Waals surface area (Å²) in [5.74, 6) is -0.182. The first-order valence-electron chi connectivity index (χ1n) is 6.31. The van der Waals surface area contributed by atoms with Gasteiger partial charge in [0.2, 0.25) is 0 Å². The number of carbonyl (C=O) groups is 1. The Morgan fingerprint density at radius 3 is 2.58 bits per heavy atom. The molecule has 2 aromatic rings. The van der Waals surface area contributed by atoms with Crippen molar-refractivity contribution in [1.82, 2.24) is 5.16 Å². The summed E-state index contributed by atoms with van der Waals surface area (Å²) in [7, 11) is 0. The molecule has 0 unspecified atom stereocenters. The van der Waals surface area contributed by atoms with Crippen LogP contribution in [0.4, 0.5) is 0 Å². The van der Waals surface area contributed by atoms with Crippen molar-refractivity contribution in [2.24, 2.45) is 0 Å². The zero-order valence-electron chi connectivity index (χ0n) is 10.9. The van der Waals surface area contributed by atoms with Gasteiger partial charge in [-0.05, 0) is 43.9 Å². The fraction of sp³-hybridized carbons (Fsp3) is 0.333. The van der Waals surface area contributed by atoms with Crippen LogP contribution in [-0.2, 0) is 10.2 Å². The van der Waals surface area contributed by atoms with Gasteiger partial charge in [0.25, 0.3) is 0 Å². The van der Waals surface area contributed by atoms with Crippen molar-refractivity contribution >= 4 is 5.97 Å². The van der Waals surface area contributed by atoms with Crippen molar-refractivity contribution < 1.29 is 14.4 Å². The quantitative estimate of drug-likeness (QED) is 0.917. The Balaban J connectivity index is 1.97. The molecular weight excluding hydrogens is 242 g/mol. The molecule has 4 heteroatoms. The summed E-state index contributed by atoms with van der Waals surface area (Å²) < 4.78 is 5.31. The summed E-state index contributed by atoms with van der Waals surface area (Å²) in [5.41, 5.74) is 3.06. The number of carboxylic acids is 1. The van der Waals surface area contributed by atoms with Gasteiger partial charge in [0, 0.05) is 11.6 Å². The van der Waals surface area contributed by atoms with E-state index in [2.05, 4.69) is 12.1 Å². The monoisotopic (exact) mass is 257 g/mol. The molecule has 0 bridgehead atoms. The SMILES string of the molecule is Cc1ccc(-c2cc(C3(C(=O)O)CC3)no2)cc1C. The third-order valence-corrected chi connectivity index (χ3v) is 3.95. The van der Waals surface area contributed by atoms with Crippen LogP contribution >= 0.6 is 0 Å². The molecule has 1 saturated carbocycles. The van der Waals surface area contributed by atoms with Gasteiger partial charge in [-0.2, -0.15) is 0 Å². The maximum Gasteiger partial charge on any atom is 0.315 e. The Bertz CT molecular complexity index is 653. The van der Waals surface area contributed by atoms with Crippen LogP contribution in [0.15, 0.2) is 28.8 Å². The van der Waals surface area contributed by atoms with Gasteiger partial charge < -0.3 is 9.63 Å². The van der Waals surface area contributed by atoms with E-state index in [0.29, 0.717) is 24.3 Å². The minimum atomic E-state index is -0.813. The fourth-order valence-electron chi connectivity index (χ4n) is 2.24. The van der Waals surface area contributed by atoms with Crippen molar-refractivity contribution in [3.8, 4) is 11.3 Å². The lowest BCUT2D eigenvalue weighted by Crippen LogP contribution is -2.19. The highest BCUT2D eigenvalue weighted by Gasteiger charge is 2.54. The van der Waals surface area contributed by atoms with Gasteiger partial charge in [-0.1, -0.05) is 17.3 Å². The molecule has 1 aliphatic carbocycles. The standard InChI is InChI=1S/C15H15NO3/c1-9-3-4-11(7-10(9)2)12-8-13(16-19-12)15(5-6-15)14(17)18/h3-4,7-8H,5-6H2,1-2H3,(H,17,18). The number of carboxylic acid groups (broad SMARTS) is 1. The van der Waals surface area contributed by atoms with E-state index in [-0.39, 0.29) is 0 Å². The number of hydrogen-bond donors (Lipinski definition) is 1. The maximum atomic E-state index is 11.2. The molecule has 3 rings (SSSR count). The number of aliphatic carboxylic acids is 1. The van der Waals surface area contributed by atoms with Crippen molar-refractivity contribution in [2.45, 2.75) is 32.1 Å². The summed E-state index contributed by atoms with van der Waals surface area (Å²) in [5, 5.41) is 13.2. The van der Waals surface area contributed by atoms with Gasteiger partial charge in [-0.15, -0.1) is 0 Å². The molecule has 0 saturated heterocycles. The molecule has 4 nitrogen and oxygen atoms in total. The molecule has 98 valence electrons. The van der Waals surface area contributed by atoms with Crippen molar-refractivity contribution in [2.75, 3.05) is 0 Å². The Hall–Kier alpha value is -2.10. The predicted molar refractivity (Wildman–Crippen MR) is 70.0 cm³/mol. The molecule has 0 amide bonds. The second-order valence-electron chi connectivity index (χ2n) is 5.26. The summed E-state index contributed by atoms with van der Waals surface area (Å²) in [6.07, 6.45) is 1.28. The van der Waals surface area contributed by atoms with E-state index in [1.165, 1.54) is 11.1 Å². The normalized spacial score (nSPS) is 16.3. The number of aromatic nitrogens is 1. The topological polar surface area (TPSA) is 63.3 Å². The van der Waals surface area contributed by atoms with Crippen LogP contribution in [0.2, 0.25) is 0 Å². The van der Waals surface area contributed by atoms with E-state index in [1.54, 1.807) is 6.07 Å². The third-order valence-electron chi connectivity index (χ3n) is 3.95. The zero-order chi connectivity index (χ0) is 13.6. The highest BCUT2D eigenvalue weighted by Crippen LogP contribution is 2.48. The van der Waals surface area contributed by atoms with E-state index in [1.807, 2.05) is 25.1 Å². The maximum absolute atomic E-state index is 11.2. The molecule has 0 spiro atoms. The molecule has 1 aromatic heterocycles. The van der Waals surface area contributed by atoms with E-state index in [0.717, 1.165) is 5.56 Å². The third kappa shape index (κ3) is 1.84. The number of benzene rings is 1. The number of aryl methyl sites for hydroxylation is 2. The summed E-state index contributed by atoms with van der Waals surface area (Å²) in [6, 6.07) is 7.77. The van der Waals surface area contributed by atoms with Crippen LogP contribution in [-0.4, -0.2) is 16.2 Å². The zero-order valence-corrected chi connectivity index (χ0v) is 10.9. The fourth-order valence-corrected chi connectivity index (χ4v) is 2.24. The number of rotatable bonds is 3. The lowest BCUT2D eigenvalue weighted by Gasteiger charge is -2.03. The summed E-state index contributed by atoms with van der Waals surface area (Å²) in [6.45, 7) is 4.09. The molecule has 1 aromatic carbocycles. The van der Waals surface area contributed by atoms with Crippen molar-refractivity contribution in [3.05, 3.63) is 41.1 Å². The molecule has 0 radical (unpaired) electrons. The van der Waals surface area contributed by atoms with Crippen molar-refractivity contribution in [3.63, 3.8) is 0 Å². The van der Waals surface area contributed by atoms with Gasteiger partial charge >= 0.3 is 5.97 Å². The molecular formula is C15H15NO3. The largest absolute Gasteiger partial charge is 0.481 e. The van der Waals surface area contributed by atoms with Gasteiger partial charge in [-0.25, -0.2) is 0 Å². The number of nitrogens with zero attached hydrogens (tertiary/aromatic N) is 1. The highest BCUT2D eigenvalue weighted by atomic mass is 16.5. The van der Waals surface area contributed by atoms with Crippen LogP contribution in [0.3, 0.4) is 0 Å². The summed E-state index contributed by atoms with van der Waals surface area (Å²) in [4.78, 5) is 11.2. The first-order chi connectivity index (χ1) is 9.03. The van der Waals surface area contributed by atoms with E-state index in [9.17, 15) is 9.90 Å². The first-order valence-corrected chi connectivity index (χ1v) is 6.31. The van der Waals surface area contributed by atoms with Crippen molar-refractivity contribution in [1.29, 1.82) is 0 Å². The highest BCUT2D eigenvalue weighted by molar-refractivity contribution is 5.84. The Morgan fingerprint density at radius 2 is 2.00 bits per heavy atom. The minimum absolute atomic E-state index is 0.535. The average Bonchev–Trinajstić information content (AvgIpc) is 3.05. The predicted octanol–water partition coefficient (Wildman–Crippen LogP) is 3.07. The molecule has 0 atom stereocenters. The van der Waals surface area contributed by atoms with Crippen LogP contribution in [0, 0.1) is 13.8 Å². The van der Waals surface area contributed by atoms with Crippen LogP contribution in [0.1, 0.15) is 29.7 Å². The molecule has 1 aliphatic rings. The first kappa shape index (κ1) is 12.0. The van der Waals surface area contributed by atoms with E-state index in [4.69, 9.17) is 4.52 Å². The van der Waals surface area contributed by atoms with Crippen LogP contribution in [0.25, 0.3) is 11.3 Å². The van der Waals surface area contributed by atoms with Crippen LogP contribution < -0.4 is 0 Å². The number of hydrogen-bond acceptors (Lipinski definition) is 3. The van der Waals surface area contributed by atoms with Crippen LogP contribution in [0.5, 0.6) is 0 Å².